The molecule has 3 heterocycles. The summed E-state index contributed by atoms with van der Waals surface area (Å²) in [7, 11) is 0. The van der Waals surface area contributed by atoms with Gasteiger partial charge in [-0.1, -0.05) is 0 Å². The highest BCUT2D eigenvalue weighted by molar-refractivity contribution is 7.15. The lowest BCUT2D eigenvalue weighted by Crippen LogP contribution is -1.93. The fourth-order valence-corrected chi connectivity index (χ4v) is 2.84. The lowest BCUT2D eigenvalue weighted by molar-refractivity contribution is 0.579. The second-order valence-electron chi connectivity index (χ2n) is 3.70. The van der Waals surface area contributed by atoms with E-state index < -0.39 is 0 Å². The van der Waals surface area contributed by atoms with Crippen molar-refractivity contribution in [1.29, 1.82) is 5.26 Å². The standard InChI is InChI=1S/C12H9N3OS/c1-8-9(4-5-13)15-10(7-17-12(15)14-8)11-3-2-6-16-11/h2-3,6-7H,4H2,1H3. The zero-order valence-electron chi connectivity index (χ0n) is 9.17. The Balaban J connectivity index is 2.30. The van der Waals surface area contributed by atoms with Crippen molar-refractivity contribution in [1.82, 2.24) is 9.38 Å². The topological polar surface area (TPSA) is 54.2 Å². The van der Waals surface area contributed by atoms with Crippen molar-refractivity contribution in [3.8, 4) is 17.5 Å². The Kier molecular flexibility index (Phi) is 2.23. The van der Waals surface area contributed by atoms with E-state index in [2.05, 4.69) is 11.1 Å². The first-order valence-electron chi connectivity index (χ1n) is 5.17. The van der Waals surface area contributed by atoms with Crippen LogP contribution in [-0.2, 0) is 6.42 Å². The summed E-state index contributed by atoms with van der Waals surface area (Å²) in [6.07, 6.45) is 2.00. The fraction of sp³-hybridized carbons (Fsp3) is 0.167. The number of fused-ring (bicyclic) bond motifs is 1. The fourth-order valence-electron chi connectivity index (χ4n) is 1.90. The Bertz CT molecular complexity index is 700. The summed E-state index contributed by atoms with van der Waals surface area (Å²) in [6.45, 7) is 1.93. The SMILES string of the molecule is Cc1nc2scc(-c3ccco3)n2c1CC#N. The predicted octanol–water partition coefficient (Wildman–Crippen LogP) is 3.03. The van der Waals surface area contributed by atoms with E-state index >= 15 is 0 Å². The van der Waals surface area contributed by atoms with Crippen LogP contribution in [0.1, 0.15) is 11.4 Å². The molecule has 0 radical (unpaired) electrons. The van der Waals surface area contributed by atoms with Crippen molar-refractivity contribution in [3.05, 3.63) is 35.2 Å². The van der Waals surface area contributed by atoms with Crippen LogP contribution in [0.5, 0.6) is 0 Å². The van der Waals surface area contributed by atoms with Gasteiger partial charge < -0.3 is 4.42 Å². The predicted molar refractivity (Wildman–Crippen MR) is 64.8 cm³/mol. The van der Waals surface area contributed by atoms with Crippen LogP contribution in [0.15, 0.2) is 28.2 Å². The number of imidazole rings is 1. The van der Waals surface area contributed by atoms with Gasteiger partial charge in [0.25, 0.3) is 0 Å². The third-order valence-corrected chi connectivity index (χ3v) is 3.50. The molecule has 0 saturated heterocycles. The normalized spacial score (nSPS) is 10.8. The van der Waals surface area contributed by atoms with Crippen molar-refractivity contribution in [3.63, 3.8) is 0 Å². The van der Waals surface area contributed by atoms with Gasteiger partial charge in [0.1, 0.15) is 5.69 Å². The summed E-state index contributed by atoms with van der Waals surface area (Å²) in [5.74, 6) is 0.799. The number of thiazole rings is 1. The van der Waals surface area contributed by atoms with E-state index in [4.69, 9.17) is 9.68 Å². The van der Waals surface area contributed by atoms with E-state index in [-0.39, 0.29) is 0 Å². The van der Waals surface area contributed by atoms with Crippen LogP contribution in [0, 0.1) is 18.3 Å². The second-order valence-corrected chi connectivity index (χ2v) is 4.53. The zero-order chi connectivity index (χ0) is 11.8. The lowest BCUT2D eigenvalue weighted by Gasteiger charge is -1.99. The quantitative estimate of drug-likeness (QED) is 0.695. The minimum absolute atomic E-state index is 0.359. The summed E-state index contributed by atoms with van der Waals surface area (Å²) in [5.41, 5.74) is 2.81. The van der Waals surface area contributed by atoms with Crippen LogP contribution < -0.4 is 0 Å². The van der Waals surface area contributed by atoms with E-state index in [9.17, 15) is 0 Å². The molecule has 84 valence electrons. The summed E-state index contributed by atoms with van der Waals surface area (Å²) in [5, 5.41) is 10.9. The first kappa shape index (κ1) is 10.1. The van der Waals surface area contributed by atoms with Crippen molar-refractivity contribution in [2.45, 2.75) is 13.3 Å². The van der Waals surface area contributed by atoms with Crippen LogP contribution in [-0.4, -0.2) is 9.38 Å². The van der Waals surface area contributed by atoms with Gasteiger partial charge in [-0.15, -0.1) is 11.3 Å². The maximum Gasteiger partial charge on any atom is 0.194 e. The minimum atomic E-state index is 0.359. The summed E-state index contributed by atoms with van der Waals surface area (Å²) >= 11 is 1.56. The molecule has 3 aromatic rings. The minimum Gasteiger partial charge on any atom is -0.463 e. The van der Waals surface area contributed by atoms with Crippen molar-refractivity contribution in [2.24, 2.45) is 0 Å². The molecule has 0 aliphatic carbocycles. The van der Waals surface area contributed by atoms with Crippen molar-refractivity contribution in [2.75, 3.05) is 0 Å². The average molecular weight is 243 g/mol. The molecule has 17 heavy (non-hydrogen) atoms. The first-order valence-corrected chi connectivity index (χ1v) is 6.05. The van der Waals surface area contributed by atoms with E-state index in [0.29, 0.717) is 6.42 Å². The Labute approximate surface area is 102 Å². The van der Waals surface area contributed by atoms with Crippen molar-refractivity contribution >= 4 is 16.3 Å². The number of hydrogen-bond acceptors (Lipinski definition) is 4. The van der Waals surface area contributed by atoms with E-state index in [1.165, 1.54) is 0 Å². The van der Waals surface area contributed by atoms with Crippen molar-refractivity contribution < 1.29 is 4.42 Å². The molecule has 0 amide bonds. The van der Waals surface area contributed by atoms with Gasteiger partial charge in [0.05, 0.1) is 30.1 Å². The number of nitrogens with zero attached hydrogens (tertiary/aromatic N) is 3. The van der Waals surface area contributed by atoms with Gasteiger partial charge in [-0.2, -0.15) is 5.26 Å². The summed E-state index contributed by atoms with van der Waals surface area (Å²) in [6, 6.07) is 5.94. The summed E-state index contributed by atoms with van der Waals surface area (Å²) < 4.78 is 7.41. The molecular formula is C12H9N3OS. The number of rotatable bonds is 2. The maximum absolute atomic E-state index is 8.87. The first-order chi connectivity index (χ1) is 8.31. The smallest absolute Gasteiger partial charge is 0.194 e. The molecule has 3 aromatic heterocycles. The average Bonchev–Trinajstić information content (AvgIpc) is 2.97. The van der Waals surface area contributed by atoms with Gasteiger partial charge in [-0.05, 0) is 19.1 Å². The van der Waals surface area contributed by atoms with Crippen LogP contribution >= 0.6 is 11.3 Å². The van der Waals surface area contributed by atoms with Crippen LogP contribution in [0.25, 0.3) is 16.4 Å². The third-order valence-electron chi connectivity index (χ3n) is 2.68. The molecule has 0 N–H and O–H groups in total. The van der Waals surface area contributed by atoms with Gasteiger partial charge in [0.15, 0.2) is 10.7 Å². The molecule has 3 rings (SSSR count). The molecule has 4 nitrogen and oxygen atoms in total. The molecule has 0 aliphatic heterocycles. The van der Waals surface area contributed by atoms with Crippen LogP contribution in [0.4, 0.5) is 0 Å². The van der Waals surface area contributed by atoms with E-state index in [1.807, 2.05) is 28.8 Å². The molecule has 0 bridgehead atoms. The molecule has 0 aromatic carbocycles. The van der Waals surface area contributed by atoms with Gasteiger partial charge in [-0.3, -0.25) is 4.40 Å². The van der Waals surface area contributed by atoms with Gasteiger partial charge >= 0.3 is 0 Å². The maximum atomic E-state index is 8.87. The molecule has 0 spiro atoms. The van der Waals surface area contributed by atoms with Gasteiger partial charge in [-0.25, -0.2) is 4.98 Å². The highest BCUT2D eigenvalue weighted by Gasteiger charge is 2.15. The molecule has 0 saturated carbocycles. The summed E-state index contributed by atoms with van der Waals surface area (Å²) in [4.78, 5) is 5.35. The van der Waals surface area contributed by atoms with Gasteiger partial charge in [0, 0.05) is 5.38 Å². The number of furan rings is 1. The van der Waals surface area contributed by atoms with Gasteiger partial charge in [0.2, 0.25) is 0 Å². The largest absolute Gasteiger partial charge is 0.463 e. The zero-order valence-corrected chi connectivity index (χ0v) is 9.99. The molecular weight excluding hydrogens is 234 g/mol. The second kappa shape index (κ2) is 3.75. The third kappa shape index (κ3) is 1.46. The lowest BCUT2D eigenvalue weighted by atomic mass is 10.2. The molecule has 5 heteroatoms. The Morgan fingerprint density at radius 2 is 2.47 bits per heavy atom. The number of hydrogen-bond donors (Lipinski definition) is 0. The Hall–Kier alpha value is -2.06. The van der Waals surface area contributed by atoms with E-state index in [0.717, 1.165) is 27.8 Å². The molecule has 0 aliphatic rings. The highest BCUT2D eigenvalue weighted by atomic mass is 32.1. The Morgan fingerprint density at radius 1 is 1.59 bits per heavy atom. The van der Waals surface area contributed by atoms with Crippen LogP contribution in [0.2, 0.25) is 0 Å². The number of aryl methyl sites for hydroxylation is 1. The Morgan fingerprint density at radius 3 is 3.18 bits per heavy atom. The molecule has 0 fully saturated rings. The number of nitriles is 1. The highest BCUT2D eigenvalue weighted by Crippen LogP contribution is 2.29. The molecule has 0 unspecified atom stereocenters. The number of aromatic nitrogens is 2. The van der Waals surface area contributed by atoms with E-state index in [1.54, 1.807) is 17.6 Å². The molecule has 0 atom stereocenters. The monoisotopic (exact) mass is 243 g/mol. The van der Waals surface area contributed by atoms with Crippen LogP contribution in [0.3, 0.4) is 0 Å².